The average Bonchev–Trinajstić information content (AvgIpc) is 2.96. The number of hydrogen-bond donors (Lipinski definition) is 0. The number of carbonyl (C=O) groups is 2. The van der Waals surface area contributed by atoms with Gasteiger partial charge in [-0.25, -0.2) is 17.5 Å². The Balaban J connectivity index is 1.62. The molecular formula is C12H18N2O5S. The molecule has 2 bridgehead atoms. The molecule has 20 heavy (non-hydrogen) atoms. The third-order valence-electron chi connectivity index (χ3n) is 4.37. The Morgan fingerprint density at radius 2 is 1.95 bits per heavy atom. The van der Waals surface area contributed by atoms with Crippen LogP contribution >= 0.6 is 0 Å². The summed E-state index contributed by atoms with van der Waals surface area (Å²) in [6.07, 6.45) is 2.69. The van der Waals surface area contributed by atoms with Crippen molar-refractivity contribution in [2.24, 2.45) is 5.92 Å². The molecule has 0 N–H and O–H groups in total. The lowest BCUT2D eigenvalue weighted by Gasteiger charge is -2.34. The van der Waals surface area contributed by atoms with Gasteiger partial charge in [-0.3, -0.25) is 4.79 Å². The van der Waals surface area contributed by atoms with E-state index in [1.165, 1.54) is 10.6 Å². The highest BCUT2D eigenvalue weighted by Crippen LogP contribution is 2.32. The van der Waals surface area contributed by atoms with Gasteiger partial charge in [-0.1, -0.05) is 0 Å². The molecular weight excluding hydrogens is 284 g/mol. The van der Waals surface area contributed by atoms with Crippen molar-refractivity contribution < 1.29 is 22.7 Å². The first-order valence-electron chi connectivity index (χ1n) is 6.82. The fraction of sp³-hybridized carbons (Fsp3) is 0.833. The van der Waals surface area contributed by atoms with Crippen LogP contribution in [0.25, 0.3) is 0 Å². The molecule has 8 heteroatoms. The average molecular weight is 302 g/mol. The molecule has 0 aromatic rings. The molecule has 0 aromatic heterocycles. The first-order valence-corrected chi connectivity index (χ1v) is 8.67. The number of carbonyl (C=O) groups excluding carboxylic acids is 2. The van der Waals surface area contributed by atoms with Crippen molar-refractivity contribution in [3.05, 3.63) is 0 Å². The summed E-state index contributed by atoms with van der Waals surface area (Å²) in [7, 11) is -3.18. The second-order valence-corrected chi connectivity index (χ2v) is 7.72. The number of rotatable bonds is 2. The van der Waals surface area contributed by atoms with Gasteiger partial charge in [0.2, 0.25) is 15.9 Å². The standard InChI is InChI=1S/C12H18N2O5S/c1-20(17,18)13-4-2-8(3-5-13)11(15)14-7-9-6-10(14)12(16)19-9/h8-10H,2-7H2,1H3/t9-,10-/m0/s1. The van der Waals surface area contributed by atoms with Crippen molar-refractivity contribution in [3.63, 3.8) is 0 Å². The molecule has 0 spiro atoms. The fourth-order valence-corrected chi connectivity index (χ4v) is 4.14. The summed E-state index contributed by atoms with van der Waals surface area (Å²) in [6, 6.07) is -0.416. The van der Waals surface area contributed by atoms with Crippen LogP contribution in [0.1, 0.15) is 19.3 Å². The first-order chi connectivity index (χ1) is 9.36. The van der Waals surface area contributed by atoms with Crippen molar-refractivity contribution in [2.45, 2.75) is 31.4 Å². The predicted octanol–water partition coefficient (Wildman–Crippen LogP) is -0.816. The lowest BCUT2D eigenvalue weighted by molar-refractivity contribution is -0.159. The number of nitrogens with zero attached hydrogens (tertiary/aromatic N) is 2. The number of sulfonamides is 1. The molecule has 112 valence electrons. The van der Waals surface area contributed by atoms with Crippen LogP contribution in [-0.4, -0.2) is 67.5 Å². The molecule has 3 saturated heterocycles. The number of amides is 1. The van der Waals surface area contributed by atoms with Gasteiger partial charge < -0.3 is 9.64 Å². The van der Waals surface area contributed by atoms with Crippen LogP contribution in [-0.2, 0) is 24.3 Å². The van der Waals surface area contributed by atoms with E-state index in [0.717, 1.165) is 0 Å². The number of esters is 1. The normalized spacial score (nSPS) is 31.6. The summed E-state index contributed by atoms with van der Waals surface area (Å²) in [6.45, 7) is 1.24. The van der Waals surface area contributed by atoms with Crippen molar-refractivity contribution >= 4 is 21.9 Å². The Bertz CT molecular complexity index is 538. The summed E-state index contributed by atoms with van der Waals surface area (Å²) >= 11 is 0. The molecule has 3 aliphatic heterocycles. The van der Waals surface area contributed by atoms with Gasteiger partial charge in [0, 0.05) is 25.4 Å². The topological polar surface area (TPSA) is 84.0 Å². The van der Waals surface area contributed by atoms with Crippen LogP contribution in [0.15, 0.2) is 0 Å². The number of likely N-dealkylation sites (tertiary alicyclic amines) is 1. The van der Waals surface area contributed by atoms with Crippen molar-refractivity contribution in [3.8, 4) is 0 Å². The molecule has 3 rings (SSSR count). The molecule has 7 nitrogen and oxygen atoms in total. The van der Waals surface area contributed by atoms with Gasteiger partial charge >= 0.3 is 5.97 Å². The van der Waals surface area contributed by atoms with Gasteiger partial charge in [-0.2, -0.15) is 0 Å². The predicted molar refractivity (Wildman–Crippen MR) is 69.1 cm³/mol. The maximum atomic E-state index is 12.4. The molecule has 3 heterocycles. The number of piperidine rings is 1. The largest absolute Gasteiger partial charge is 0.459 e. The quantitative estimate of drug-likeness (QED) is 0.623. The highest BCUT2D eigenvalue weighted by atomic mass is 32.2. The Morgan fingerprint density at radius 1 is 1.30 bits per heavy atom. The molecule has 2 atom stereocenters. The molecule has 0 saturated carbocycles. The lowest BCUT2D eigenvalue weighted by atomic mass is 9.96. The van der Waals surface area contributed by atoms with Crippen molar-refractivity contribution in [1.29, 1.82) is 0 Å². The number of ether oxygens (including phenoxy) is 1. The van der Waals surface area contributed by atoms with E-state index in [1.807, 2.05) is 0 Å². The number of morpholine rings is 1. The Labute approximate surface area is 117 Å². The molecule has 0 unspecified atom stereocenters. The van der Waals surface area contributed by atoms with Gasteiger partial charge in [0.05, 0.1) is 12.8 Å². The SMILES string of the molecule is CS(=O)(=O)N1CCC(C(=O)N2C[C@@H]3C[C@H]2C(=O)O3)CC1. The van der Waals surface area contributed by atoms with Crippen LogP contribution < -0.4 is 0 Å². The minimum absolute atomic E-state index is 0.0256. The number of hydrogen-bond acceptors (Lipinski definition) is 5. The van der Waals surface area contributed by atoms with Crippen LogP contribution in [0.5, 0.6) is 0 Å². The highest BCUT2D eigenvalue weighted by Gasteiger charge is 2.49. The van der Waals surface area contributed by atoms with E-state index in [4.69, 9.17) is 4.74 Å². The van der Waals surface area contributed by atoms with Crippen LogP contribution in [0.3, 0.4) is 0 Å². The highest BCUT2D eigenvalue weighted by molar-refractivity contribution is 7.88. The Morgan fingerprint density at radius 3 is 2.45 bits per heavy atom. The van der Waals surface area contributed by atoms with E-state index in [-0.39, 0.29) is 23.9 Å². The van der Waals surface area contributed by atoms with E-state index in [1.54, 1.807) is 4.90 Å². The lowest BCUT2D eigenvalue weighted by Crippen LogP contribution is -2.49. The zero-order valence-electron chi connectivity index (χ0n) is 11.3. The molecule has 3 fully saturated rings. The van der Waals surface area contributed by atoms with Gasteiger partial charge in [-0.15, -0.1) is 0 Å². The summed E-state index contributed by atoms with van der Waals surface area (Å²) in [4.78, 5) is 25.6. The summed E-state index contributed by atoms with van der Waals surface area (Å²) in [5.74, 6) is -0.509. The van der Waals surface area contributed by atoms with Crippen LogP contribution in [0, 0.1) is 5.92 Å². The second-order valence-electron chi connectivity index (χ2n) is 5.74. The molecule has 1 amide bonds. The summed E-state index contributed by atoms with van der Waals surface area (Å²) in [5.41, 5.74) is 0. The number of fused-ring (bicyclic) bond motifs is 2. The molecule has 0 aromatic carbocycles. The zero-order chi connectivity index (χ0) is 14.5. The fourth-order valence-electron chi connectivity index (χ4n) is 3.26. The summed E-state index contributed by atoms with van der Waals surface area (Å²) in [5, 5.41) is 0. The second kappa shape index (κ2) is 4.70. The third-order valence-corrected chi connectivity index (χ3v) is 5.68. The van der Waals surface area contributed by atoms with E-state index in [0.29, 0.717) is 38.9 Å². The van der Waals surface area contributed by atoms with E-state index in [2.05, 4.69) is 0 Å². The maximum absolute atomic E-state index is 12.4. The first kappa shape index (κ1) is 13.8. The van der Waals surface area contributed by atoms with Gasteiger partial charge in [0.25, 0.3) is 0 Å². The van der Waals surface area contributed by atoms with Gasteiger partial charge in [0.15, 0.2) is 0 Å². The minimum Gasteiger partial charge on any atom is -0.459 e. The Hall–Kier alpha value is -1.15. The Kier molecular flexibility index (Phi) is 3.24. The molecule has 0 aliphatic carbocycles. The minimum atomic E-state index is -3.18. The van der Waals surface area contributed by atoms with Gasteiger partial charge in [0.1, 0.15) is 12.1 Å². The van der Waals surface area contributed by atoms with E-state index >= 15 is 0 Å². The van der Waals surface area contributed by atoms with Gasteiger partial charge in [-0.05, 0) is 12.8 Å². The third kappa shape index (κ3) is 2.31. The van der Waals surface area contributed by atoms with Crippen molar-refractivity contribution in [2.75, 3.05) is 25.9 Å². The smallest absolute Gasteiger partial charge is 0.329 e. The van der Waals surface area contributed by atoms with Crippen LogP contribution in [0.4, 0.5) is 0 Å². The van der Waals surface area contributed by atoms with Crippen molar-refractivity contribution in [1.82, 2.24) is 9.21 Å². The molecule has 3 aliphatic rings. The van der Waals surface area contributed by atoms with E-state index in [9.17, 15) is 18.0 Å². The zero-order valence-corrected chi connectivity index (χ0v) is 12.1. The van der Waals surface area contributed by atoms with Crippen LogP contribution in [0.2, 0.25) is 0 Å². The monoisotopic (exact) mass is 302 g/mol. The summed E-state index contributed by atoms with van der Waals surface area (Å²) < 4.78 is 29.3. The molecule has 0 radical (unpaired) electrons. The maximum Gasteiger partial charge on any atom is 0.329 e. The van der Waals surface area contributed by atoms with E-state index < -0.39 is 16.1 Å².